The molecule has 56 valence electrons. The minimum atomic E-state index is 0.755. The molecule has 0 atom stereocenters. The molecule has 0 unspecified atom stereocenters. The van der Waals surface area contributed by atoms with Crippen molar-refractivity contribution < 1.29 is 0 Å². The van der Waals surface area contributed by atoms with E-state index in [0.29, 0.717) is 0 Å². The highest BCUT2D eigenvalue weighted by Gasteiger charge is 2.01. The monoisotopic (exact) mass is 165 g/mol. The Kier molecular flexibility index (Phi) is 1.48. The SMILES string of the molecule is NNc1nsc2ccccc12. The van der Waals surface area contributed by atoms with Crippen LogP contribution in [0.3, 0.4) is 0 Å². The average Bonchev–Trinajstić information content (AvgIpc) is 2.47. The number of nitrogens with two attached hydrogens (primary N) is 1. The number of aromatic nitrogens is 1. The molecule has 0 saturated heterocycles. The summed E-state index contributed by atoms with van der Waals surface area (Å²) in [7, 11) is 0. The van der Waals surface area contributed by atoms with Gasteiger partial charge in [0.25, 0.3) is 0 Å². The Morgan fingerprint density at radius 2 is 2.18 bits per heavy atom. The van der Waals surface area contributed by atoms with Crippen molar-refractivity contribution in [3.05, 3.63) is 24.3 Å². The van der Waals surface area contributed by atoms with E-state index < -0.39 is 0 Å². The second kappa shape index (κ2) is 2.48. The number of rotatable bonds is 1. The van der Waals surface area contributed by atoms with Crippen LogP contribution < -0.4 is 11.3 Å². The lowest BCUT2D eigenvalue weighted by Crippen LogP contribution is -2.06. The maximum absolute atomic E-state index is 5.25. The predicted octanol–water partition coefficient (Wildman–Crippen LogP) is 1.58. The molecule has 3 N–H and O–H groups in total. The zero-order chi connectivity index (χ0) is 7.68. The highest BCUT2D eigenvalue weighted by Crippen LogP contribution is 2.24. The second-order valence-electron chi connectivity index (χ2n) is 2.17. The van der Waals surface area contributed by atoms with Crippen LogP contribution in [0.25, 0.3) is 10.1 Å². The third-order valence-corrected chi connectivity index (χ3v) is 2.34. The molecule has 1 aromatic carbocycles. The molecule has 0 aliphatic heterocycles. The first-order valence-electron chi connectivity index (χ1n) is 3.23. The molecule has 4 heteroatoms. The number of nitrogen functional groups attached to an aromatic ring is 1. The lowest BCUT2D eigenvalue weighted by atomic mass is 10.3. The zero-order valence-electron chi connectivity index (χ0n) is 5.74. The van der Waals surface area contributed by atoms with Crippen LogP contribution in [0.5, 0.6) is 0 Å². The van der Waals surface area contributed by atoms with Crippen molar-refractivity contribution in [1.82, 2.24) is 4.37 Å². The van der Waals surface area contributed by atoms with Crippen LogP contribution in [0.4, 0.5) is 5.82 Å². The van der Waals surface area contributed by atoms with Gasteiger partial charge < -0.3 is 5.43 Å². The first-order valence-corrected chi connectivity index (χ1v) is 4.00. The van der Waals surface area contributed by atoms with Gasteiger partial charge in [-0.05, 0) is 23.7 Å². The van der Waals surface area contributed by atoms with Crippen molar-refractivity contribution in [2.75, 3.05) is 5.43 Å². The van der Waals surface area contributed by atoms with Gasteiger partial charge in [-0.3, -0.25) is 0 Å². The third kappa shape index (κ3) is 0.961. The first-order chi connectivity index (χ1) is 5.42. The summed E-state index contributed by atoms with van der Waals surface area (Å²) in [6.45, 7) is 0. The van der Waals surface area contributed by atoms with Crippen LogP contribution >= 0.6 is 11.5 Å². The van der Waals surface area contributed by atoms with Crippen molar-refractivity contribution in [3.63, 3.8) is 0 Å². The molecule has 0 fully saturated rings. The van der Waals surface area contributed by atoms with Crippen LogP contribution in [-0.2, 0) is 0 Å². The highest BCUT2D eigenvalue weighted by molar-refractivity contribution is 7.13. The maximum Gasteiger partial charge on any atom is 0.161 e. The summed E-state index contributed by atoms with van der Waals surface area (Å²) in [5.41, 5.74) is 2.55. The molecule has 2 rings (SSSR count). The predicted molar refractivity (Wildman–Crippen MR) is 47.4 cm³/mol. The van der Waals surface area contributed by atoms with Gasteiger partial charge in [0, 0.05) is 5.39 Å². The molecule has 3 nitrogen and oxygen atoms in total. The summed E-state index contributed by atoms with van der Waals surface area (Å²) >= 11 is 1.45. The summed E-state index contributed by atoms with van der Waals surface area (Å²) < 4.78 is 5.27. The topological polar surface area (TPSA) is 50.9 Å². The van der Waals surface area contributed by atoms with Crippen LogP contribution in [0.1, 0.15) is 0 Å². The quantitative estimate of drug-likeness (QED) is 0.498. The Labute approximate surface area is 68.0 Å². The molecule has 2 aromatic rings. The first kappa shape index (κ1) is 6.57. The van der Waals surface area contributed by atoms with E-state index in [1.165, 1.54) is 11.5 Å². The van der Waals surface area contributed by atoms with E-state index in [9.17, 15) is 0 Å². The molecule has 0 aliphatic rings. The van der Waals surface area contributed by atoms with Crippen molar-refractivity contribution >= 4 is 27.4 Å². The van der Waals surface area contributed by atoms with Crippen LogP contribution in [0.2, 0.25) is 0 Å². The number of nitrogens with one attached hydrogen (secondary N) is 1. The van der Waals surface area contributed by atoms with Crippen LogP contribution in [0, 0.1) is 0 Å². The lowest BCUT2D eigenvalue weighted by molar-refractivity contribution is 1.32. The third-order valence-electron chi connectivity index (χ3n) is 1.51. The largest absolute Gasteiger partial charge is 0.307 e. The number of fused-ring (bicyclic) bond motifs is 1. The summed E-state index contributed by atoms with van der Waals surface area (Å²) in [5.74, 6) is 6.01. The van der Waals surface area contributed by atoms with E-state index in [4.69, 9.17) is 5.84 Å². The van der Waals surface area contributed by atoms with Gasteiger partial charge in [0.05, 0.1) is 4.70 Å². The Balaban J connectivity index is 2.76. The summed E-state index contributed by atoms with van der Waals surface area (Å²) in [6.07, 6.45) is 0. The number of hydrazine groups is 1. The highest BCUT2D eigenvalue weighted by atomic mass is 32.1. The van der Waals surface area contributed by atoms with Gasteiger partial charge in [-0.1, -0.05) is 12.1 Å². The maximum atomic E-state index is 5.25. The minimum absolute atomic E-state index is 0.755. The zero-order valence-corrected chi connectivity index (χ0v) is 6.56. The van der Waals surface area contributed by atoms with Crippen molar-refractivity contribution in [2.45, 2.75) is 0 Å². The Morgan fingerprint density at radius 1 is 1.36 bits per heavy atom. The lowest BCUT2D eigenvalue weighted by Gasteiger charge is -1.91. The Hall–Kier alpha value is -1.13. The van der Waals surface area contributed by atoms with Gasteiger partial charge in [-0.2, -0.15) is 4.37 Å². The van der Waals surface area contributed by atoms with E-state index in [-0.39, 0.29) is 0 Å². The normalized spacial score (nSPS) is 10.3. The smallest absolute Gasteiger partial charge is 0.161 e. The number of benzene rings is 1. The van der Waals surface area contributed by atoms with E-state index in [1.54, 1.807) is 0 Å². The fourth-order valence-electron chi connectivity index (χ4n) is 0.990. The summed E-state index contributed by atoms with van der Waals surface area (Å²) in [6, 6.07) is 7.97. The fraction of sp³-hybridized carbons (Fsp3) is 0. The molecule has 0 radical (unpaired) electrons. The molecule has 0 amide bonds. The minimum Gasteiger partial charge on any atom is -0.307 e. The molecule has 0 saturated carbocycles. The van der Waals surface area contributed by atoms with Gasteiger partial charge in [0.1, 0.15) is 0 Å². The van der Waals surface area contributed by atoms with Gasteiger partial charge in [-0.15, -0.1) is 0 Å². The van der Waals surface area contributed by atoms with Gasteiger partial charge in [0.2, 0.25) is 0 Å². The van der Waals surface area contributed by atoms with E-state index in [1.807, 2.05) is 24.3 Å². The Bertz CT molecular complexity index is 368. The number of hydrogen-bond donors (Lipinski definition) is 2. The molecule has 1 heterocycles. The van der Waals surface area contributed by atoms with Crippen molar-refractivity contribution in [1.29, 1.82) is 0 Å². The summed E-state index contributed by atoms with van der Waals surface area (Å²) in [5, 5.41) is 1.08. The van der Waals surface area contributed by atoms with Gasteiger partial charge in [0.15, 0.2) is 5.82 Å². The average molecular weight is 165 g/mol. The van der Waals surface area contributed by atoms with Crippen LogP contribution in [-0.4, -0.2) is 4.37 Å². The summed E-state index contributed by atoms with van der Waals surface area (Å²) in [4.78, 5) is 0. The second-order valence-corrected chi connectivity index (χ2v) is 2.98. The number of hydrogen-bond acceptors (Lipinski definition) is 4. The molecular weight excluding hydrogens is 158 g/mol. The number of anilines is 1. The molecule has 0 spiro atoms. The standard InChI is InChI=1S/C7H7N3S/c8-9-7-5-3-1-2-4-6(5)11-10-7/h1-4H,8H2,(H,9,10). The number of nitrogens with zero attached hydrogens (tertiary/aromatic N) is 1. The molecule has 11 heavy (non-hydrogen) atoms. The Morgan fingerprint density at radius 3 is 3.00 bits per heavy atom. The molecule has 0 aliphatic carbocycles. The van der Waals surface area contributed by atoms with E-state index in [0.717, 1.165) is 15.9 Å². The van der Waals surface area contributed by atoms with Crippen molar-refractivity contribution in [2.24, 2.45) is 5.84 Å². The van der Waals surface area contributed by atoms with Gasteiger partial charge in [-0.25, -0.2) is 5.84 Å². The van der Waals surface area contributed by atoms with E-state index >= 15 is 0 Å². The van der Waals surface area contributed by atoms with Crippen molar-refractivity contribution in [3.8, 4) is 0 Å². The fourth-order valence-corrected chi connectivity index (χ4v) is 1.73. The molecular formula is C7H7N3S. The molecule has 1 aromatic heterocycles. The molecule has 0 bridgehead atoms. The van der Waals surface area contributed by atoms with Crippen LogP contribution in [0.15, 0.2) is 24.3 Å². The van der Waals surface area contributed by atoms with Gasteiger partial charge >= 0.3 is 0 Å². The van der Waals surface area contributed by atoms with E-state index in [2.05, 4.69) is 9.80 Å².